The molecule has 2 rings (SSSR count). The van der Waals surface area contributed by atoms with E-state index in [1.54, 1.807) is 13.0 Å². The zero-order valence-corrected chi connectivity index (χ0v) is 12.4. The molecule has 1 saturated heterocycles. The highest BCUT2D eigenvalue weighted by Crippen LogP contribution is 2.18. The Kier molecular flexibility index (Phi) is 5.70. The van der Waals surface area contributed by atoms with Crippen molar-refractivity contribution in [2.24, 2.45) is 5.92 Å². The maximum Gasteiger partial charge on any atom is 0.234 e. The largest absolute Gasteiger partial charge is 0.396 e. The second-order valence-corrected chi connectivity index (χ2v) is 5.76. The van der Waals surface area contributed by atoms with Crippen LogP contribution in [0.25, 0.3) is 0 Å². The molecular weight excluding hydrogens is 271 g/mol. The van der Waals surface area contributed by atoms with Gasteiger partial charge in [0.05, 0.1) is 6.54 Å². The number of nitrogens with zero attached hydrogens (tertiary/aromatic N) is 1. The standard InChI is InChI=1S/C16H23FN2O2/c1-12-2-3-14(8-15(12)17)9-18-16(21)11-19-6-4-13(10-19)5-7-20/h2-3,8,13,20H,4-7,9-11H2,1H3,(H,18,21). The highest BCUT2D eigenvalue weighted by Gasteiger charge is 2.23. The Hall–Kier alpha value is -1.46. The Morgan fingerprint density at radius 2 is 2.33 bits per heavy atom. The molecule has 1 aliphatic heterocycles. The monoisotopic (exact) mass is 294 g/mol. The third-order valence-corrected chi connectivity index (χ3v) is 4.00. The van der Waals surface area contributed by atoms with E-state index < -0.39 is 0 Å². The van der Waals surface area contributed by atoms with Gasteiger partial charge in [-0.25, -0.2) is 4.39 Å². The average molecular weight is 294 g/mol. The van der Waals surface area contributed by atoms with Gasteiger partial charge in [0.1, 0.15) is 5.82 Å². The predicted octanol–water partition coefficient (Wildman–Crippen LogP) is 1.45. The van der Waals surface area contributed by atoms with Crippen molar-refractivity contribution < 1.29 is 14.3 Å². The fourth-order valence-corrected chi connectivity index (χ4v) is 2.68. The van der Waals surface area contributed by atoms with Gasteiger partial charge < -0.3 is 10.4 Å². The summed E-state index contributed by atoms with van der Waals surface area (Å²) in [7, 11) is 0. The van der Waals surface area contributed by atoms with E-state index in [0.717, 1.165) is 31.5 Å². The van der Waals surface area contributed by atoms with Crippen molar-refractivity contribution in [3.63, 3.8) is 0 Å². The minimum absolute atomic E-state index is 0.0411. The highest BCUT2D eigenvalue weighted by molar-refractivity contribution is 5.78. The van der Waals surface area contributed by atoms with E-state index in [9.17, 15) is 9.18 Å². The number of rotatable bonds is 6. The molecule has 5 heteroatoms. The second-order valence-electron chi connectivity index (χ2n) is 5.76. The van der Waals surface area contributed by atoms with Crippen molar-refractivity contribution >= 4 is 5.91 Å². The summed E-state index contributed by atoms with van der Waals surface area (Å²) < 4.78 is 13.4. The number of hydrogen-bond acceptors (Lipinski definition) is 3. The van der Waals surface area contributed by atoms with Crippen molar-refractivity contribution in [3.05, 3.63) is 35.1 Å². The molecule has 1 fully saturated rings. The lowest BCUT2D eigenvalue weighted by atomic mass is 10.1. The lowest BCUT2D eigenvalue weighted by molar-refractivity contribution is -0.122. The van der Waals surface area contributed by atoms with Gasteiger partial charge in [0, 0.05) is 19.7 Å². The van der Waals surface area contributed by atoms with E-state index >= 15 is 0 Å². The summed E-state index contributed by atoms with van der Waals surface area (Å²) in [6.07, 6.45) is 1.85. The van der Waals surface area contributed by atoms with Gasteiger partial charge in [-0.05, 0) is 49.4 Å². The van der Waals surface area contributed by atoms with Crippen LogP contribution in [0.3, 0.4) is 0 Å². The zero-order valence-electron chi connectivity index (χ0n) is 12.4. The van der Waals surface area contributed by atoms with Gasteiger partial charge in [-0.15, -0.1) is 0 Å². The number of carbonyl (C=O) groups is 1. The summed E-state index contributed by atoms with van der Waals surface area (Å²) >= 11 is 0. The third-order valence-electron chi connectivity index (χ3n) is 4.00. The lowest BCUT2D eigenvalue weighted by Crippen LogP contribution is -2.35. The zero-order chi connectivity index (χ0) is 15.2. The van der Waals surface area contributed by atoms with Crippen LogP contribution in [0.1, 0.15) is 24.0 Å². The lowest BCUT2D eigenvalue weighted by Gasteiger charge is -2.15. The number of nitrogens with one attached hydrogen (secondary N) is 1. The van der Waals surface area contributed by atoms with Crippen molar-refractivity contribution in [1.29, 1.82) is 0 Å². The Bertz CT molecular complexity index is 493. The quantitative estimate of drug-likeness (QED) is 0.835. The van der Waals surface area contributed by atoms with E-state index in [1.807, 2.05) is 6.07 Å². The van der Waals surface area contributed by atoms with Crippen LogP contribution in [0.4, 0.5) is 4.39 Å². The number of aliphatic hydroxyl groups is 1. The van der Waals surface area contributed by atoms with E-state index in [1.165, 1.54) is 6.07 Å². The molecular formula is C16H23FN2O2. The molecule has 4 nitrogen and oxygen atoms in total. The summed E-state index contributed by atoms with van der Waals surface area (Å²) in [4.78, 5) is 14.0. The Balaban J connectivity index is 1.74. The van der Waals surface area contributed by atoms with E-state index in [4.69, 9.17) is 5.11 Å². The molecule has 1 amide bonds. The summed E-state index contributed by atoms with van der Waals surface area (Å²) in [6, 6.07) is 5.01. The highest BCUT2D eigenvalue weighted by atomic mass is 19.1. The maximum atomic E-state index is 13.4. The molecule has 0 spiro atoms. The van der Waals surface area contributed by atoms with Crippen LogP contribution in [0, 0.1) is 18.7 Å². The molecule has 0 bridgehead atoms. The first-order valence-electron chi connectivity index (χ1n) is 7.43. The van der Waals surface area contributed by atoms with Gasteiger partial charge in [-0.2, -0.15) is 0 Å². The van der Waals surface area contributed by atoms with Crippen LogP contribution in [-0.2, 0) is 11.3 Å². The van der Waals surface area contributed by atoms with Gasteiger partial charge in [0.2, 0.25) is 5.91 Å². The average Bonchev–Trinajstić information content (AvgIpc) is 2.88. The normalized spacial score (nSPS) is 18.9. The summed E-state index contributed by atoms with van der Waals surface area (Å²) in [6.45, 7) is 4.42. The molecule has 0 aromatic heterocycles. The van der Waals surface area contributed by atoms with E-state index in [2.05, 4.69) is 10.2 Å². The molecule has 116 valence electrons. The maximum absolute atomic E-state index is 13.4. The van der Waals surface area contributed by atoms with Crippen molar-refractivity contribution in [1.82, 2.24) is 10.2 Å². The number of aryl methyl sites for hydroxylation is 1. The molecule has 0 aliphatic carbocycles. The van der Waals surface area contributed by atoms with Crippen molar-refractivity contribution in [2.75, 3.05) is 26.2 Å². The fraction of sp³-hybridized carbons (Fsp3) is 0.562. The molecule has 21 heavy (non-hydrogen) atoms. The number of hydrogen-bond donors (Lipinski definition) is 2. The number of halogens is 1. The molecule has 1 aliphatic rings. The first kappa shape index (κ1) is 15.9. The summed E-state index contributed by atoms with van der Waals surface area (Å²) in [5.74, 6) is 0.211. The number of carbonyl (C=O) groups excluding carboxylic acids is 1. The van der Waals surface area contributed by atoms with Gasteiger partial charge in [-0.1, -0.05) is 12.1 Å². The number of benzene rings is 1. The minimum atomic E-state index is -0.242. The fourth-order valence-electron chi connectivity index (χ4n) is 2.68. The van der Waals surface area contributed by atoms with Gasteiger partial charge in [-0.3, -0.25) is 9.69 Å². The van der Waals surface area contributed by atoms with Crippen molar-refractivity contribution in [2.45, 2.75) is 26.3 Å². The number of aliphatic hydroxyl groups excluding tert-OH is 1. The van der Waals surface area contributed by atoms with Gasteiger partial charge >= 0.3 is 0 Å². The predicted molar refractivity (Wildman–Crippen MR) is 79.2 cm³/mol. The Labute approximate surface area is 125 Å². The van der Waals surface area contributed by atoms with Crippen LogP contribution in [0.5, 0.6) is 0 Å². The molecule has 1 heterocycles. The van der Waals surface area contributed by atoms with Crippen molar-refractivity contribution in [3.8, 4) is 0 Å². The Morgan fingerprint density at radius 3 is 3.05 bits per heavy atom. The van der Waals surface area contributed by atoms with E-state index in [0.29, 0.717) is 24.6 Å². The van der Waals surface area contributed by atoms with Gasteiger partial charge in [0.25, 0.3) is 0 Å². The molecule has 1 aromatic rings. The van der Waals surface area contributed by atoms with Crippen LogP contribution in [0.2, 0.25) is 0 Å². The molecule has 1 unspecified atom stereocenters. The van der Waals surface area contributed by atoms with Crippen LogP contribution in [0.15, 0.2) is 18.2 Å². The minimum Gasteiger partial charge on any atom is -0.396 e. The number of amides is 1. The molecule has 0 radical (unpaired) electrons. The topological polar surface area (TPSA) is 52.6 Å². The van der Waals surface area contributed by atoms with Gasteiger partial charge in [0.15, 0.2) is 0 Å². The molecule has 1 aromatic carbocycles. The van der Waals surface area contributed by atoms with Crippen LogP contribution >= 0.6 is 0 Å². The first-order chi connectivity index (χ1) is 10.1. The SMILES string of the molecule is Cc1ccc(CNC(=O)CN2CCC(CCO)C2)cc1F. The second kappa shape index (κ2) is 7.52. The summed E-state index contributed by atoms with van der Waals surface area (Å²) in [5.41, 5.74) is 1.38. The van der Waals surface area contributed by atoms with Crippen LogP contribution < -0.4 is 5.32 Å². The number of likely N-dealkylation sites (tertiary alicyclic amines) is 1. The smallest absolute Gasteiger partial charge is 0.234 e. The van der Waals surface area contributed by atoms with E-state index in [-0.39, 0.29) is 18.3 Å². The Morgan fingerprint density at radius 1 is 1.52 bits per heavy atom. The molecule has 2 N–H and O–H groups in total. The molecule has 1 atom stereocenters. The molecule has 0 saturated carbocycles. The first-order valence-corrected chi connectivity index (χ1v) is 7.43. The van der Waals surface area contributed by atoms with Crippen LogP contribution in [-0.4, -0.2) is 42.2 Å². The third kappa shape index (κ3) is 4.79. The summed E-state index contributed by atoms with van der Waals surface area (Å²) in [5, 5.41) is 11.7.